The number of rotatable bonds is 0. The first-order valence-corrected chi connectivity index (χ1v) is 10.5. The van der Waals surface area contributed by atoms with Gasteiger partial charge in [0.1, 0.15) is 5.60 Å². The Hall–Kier alpha value is -3.15. The number of piperidine rings is 1. The minimum absolute atomic E-state index is 0.190. The Labute approximate surface area is 174 Å². The molecular weight excluding hydrogens is 380 g/mol. The zero-order valence-electron chi connectivity index (χ0n) is 16.8. The Morgan fingerprint density at radius 1 is 0.933 bits per heavy atom. The van der Waals surface area contributed by atoms with Crippen molar-refractivity contribution in [3.8, 4) is 0 Å². The molecule has 0 aromatic heterocycles. The summed E-state index contributed by atoms with van der Waals surface area (Å²) in [6.07, 6.45) is 2.44. The van der Waals surface area contributed by atoms with Gasteiger partial charge in [-0.3, -0.25) is 4.79 Å². The van der Waals surface area contributed by atoms with Gasteiger partial charge in [0.15, 0.2) is 0 Å². The third kappa shape index (κ3) is 2.39. The Morgan fingerprint density at radius 3 is 2.53 bits per heavy atom. The summed E-state index contributed by atoms with van der Waals surface area (Å²) in [5.74, 6) is -0.439. The first-order chi connectivity index (χ1) is 14.5. The van der Waals surface area contributed by atoms with E-state index >= 15 is 0 Å². The number of carbonyl (C=O) groups is 2. The average molecular weight is 402 g/mol. The van der Waals surface area contributed by atoms with Crippen LogP contribution in [0.1, 0.15) is 45.5 Å². The molecule has 0 bridgehead atoms. The molecule has 1 amide bonds. The van der Waals surface area contributed by atoms with E-state index in [9.17, 15) is 9.59 Å². The summed E-state index contributed by atoms with van der Waals surface area (Å²) in [5, 5.41) is 0. The maximum atomic E-state index is 12.9. The number of nitrogens with zero attached hydrogens (tertiary/aromatic N) is 2. The third-order valence-electron chi connectivity index (χ3n) is 6.95. The van der Waals surface area contributed by atoms with Crippen LogP contribution in [0, 0.1) is 6.92 Å². The molecule has 6 rings (SSSR count). The molecule has 1 fully saturated rings. The van der Waals surface area contributed by atoms with Gasteiger partial charge >= 0.3 is 5.97 Å². The lowest BCUT2D eigenvalue weighted by Crippen LogP contribution is -2.47. The molecule has 0 saturated carbocycles. The van der Waals surface area contributed by atoms with Crippen LogP contribution in [-0.2, 0) is 32.7 Å². The maximum Gasteiger partial charge on any atom is 0.339 e. The standard InChI is InChI=1S/C24H22N2O4/c1-15-6-7-16-13-24(14-17(16)12-15)21(28)25-22(30-24)26-10-8-23(9-11-26)19-5-3-2-4-18(19)20(27)29-23/h2-7,12H,8-11,13-14H2,1H3. The van der Waals surface area contributed by atoms with Gasteiger partial charge in [-0.15, -0.1) is 0 Å². The Morgan fingerprint density at radius 2 is 1.70 bits per heavy atom. The summed E-state index contributed by atoms with van der Waals surface area (Å²) < 4.78 is 12.1. The third-order valence-corrected chi connectivity index (χ3v) is 6.95. The quantitative estimate of drug-likeness (QED) is 0.634. The Balaban J connectivity index is 1.20. The van der Waals surface area contributed by atoms with Crippen LogP contribution in [0.15, 0.2) is 47.5 Å². The smallest absolute Gasteiger partial charge is 0.339 e. The molecule has 152 valence electrons. The van der Waals surface area contributed by atoms with E-state index in [4.69, 9.17) is 9.47 Å². The van der Waals surface area contributed by atoms with E-state index < -0.39 is 11.2 Å². The summed E-state index contributed by atoms with van der Waals surface area (Å²) in [7, 11) is 0. The van der Waals surface area contributed by atoms with Gasteiger partial charge in [0, 0.05) is 44.3 Å². The summed E-state index contributed by atoms with van der Waals surface area (Å²) in [4.78, 5) is 31.5. The molecule has 6 nitrogen and oxygen atoms in total. The number of hydrogen-bond donors (Lipinski definition) is 0. The Kier molecular flexibility index (Phi) is 3.50. The van der Waals surface area contributed by atoms with Crippen LogP contribution in [0.5, 0.6) is 0 Å². The predicted octanol–water partition coefficient (Wildman–Crippen LogP) is 2.91. The highest BCUT2D eigenvalue weighted by Crippen LogP contribution is 2.45. The molecule has 2 aromatic rings. The van der Waals surface area contributed by atoms with E-state index in [0.717, 1.165) is 11.1 Å². The number of likely N-dealkylation sites (tertiary alicyclic amines) is 1. The van der Waals surface area contributed by atoms with E-state index in [2.05, 4.69) is 30.1 Å². The van der Waals surface area contributed by atoms with Crippen LogP contribution in [0.3, 0.4) is 0 Å². The first-order valence-electron chi connectivity index (χ1n) is 10.5. The monoisotopic (exact) mass is 402 g/mol. The van der Waals surface area contributed by atoms with Crippen molar-refractivity contribution in [3.05, 3.63) is 70.3 Å². The molecule has 1 atom stereocenters. The van der Waals surface area contributed by atoms with Gasteiger partial charge in [-0.25, -0.2) is 4.79 Å². The molecule has 6 heteroatoms. The summed E-state index contributed by atoms with van der Waals surface area (Å²) in [6.45, 7) is 3.30. The van der Waals surface area contributed by atoms with Crippen LogP contribution < -0.4 is 0 Å². The van der Waals surface area contributed by atoms with Crippen molar-refractivity contribution >= 4 is 17.9 Å². The van der Waals surface area contributed by atoms with Gasteiger partial charge in [-0.05, 0) is 24.1 Å². The second-order valence-corrected chi connectivity index (χ2v) is 8.84. The predicted molar refractivity (Wildman–Crippen MR) is 109 cm³/mol. The number of fused-ring (bicyclic) bond motifs is 3. The molecule has 3 aliphatic heterocycles. The van der Waals surface area contributed by atoms with Gasteiger partial charge in [0.25, 0.3) is 11.9 Å². The van der Waals surface area contributed by atoms with Crippen molar-refractivity contribution in [1.29, 1.82) is 0 Å². The van der Waals surface area contributed by atoms with Crippen LogP contribution in [0.25, 0.3) is 0 Å². The van der Waals surface area contributed by atoms with E-state index in [-0.39, 0.29) is 11.9 Å². The topological polar surface area (TPSA) is 68.2 Å². The van der Waals surface area contributed by atoms with Crippen molar-refractivity contribution in [2.75, 3.05) is 13.1 Å². The lowest BCUT2D eigenvalue weighted by Gasteiger charge is -2.39. The van der Waals surface area contributed by atoms with E-state index in [1.807, 2.05) is 29.2 Å². The number of esters is 1. The van der Waals surface area contributed by atoms with Gasteiger partial charge in [-0.1, -0.05) is 42.0 Å². The molecule has 2 spiro atoms. The fourth-order valence-corrected chi connectivity index (χ4v) is 5.33. The number of amides is 1. The van der Waals surface area contributed by atoms with Gasteiger partial charge in [0.2, 0.25) is 5.60 Å². The minimum Gasteiger partial charge on any atom is -0.450 e. The maximum absolute atomic E-state index is 12.9. The van der Waals surface area contributed by atoms with E-state index in [1.165, 1.54) is 11.1 Å². The van der Waals surface area contributed by atoms with Crippen molar-refractivity contribution in [1.82, 2.24) is 4.90 Å². The number of ether oxygens (including phenoxy) is 2. The molecular formula is C24H22N2O4. The average Bonchev–Trinajstić information content (AvgIpc) is 3.35. The van der Waals surface area contributed by atoms with Gasteiger partial charge in [0.05, 0.1) is 5.56 Å². The molecule has 0 N–H and O–H groups in total. The van der Waals surface area contributed by atoms with Crippen molar-refractivity contribution in [2.24, 2.45) is 4.99 Å². The van der Waals surface area contributed by atoms with Crippen LogP contribution in [0.4, 0.5) is 0 Å². The minimum atomic E-state index is -0.896. The zero-order chi connectivity index (χ0) is 20.5. The van der Waals surface area contributed by atoms with Gasteiger partial charge < -0.3 is 14.4 Å². The molecule has 3 heterocycles. The van der Waals surface area contributed by atoms with Crippen LogP contribution in [0.2, 0.25) is 0 Å². The zero-order valence-corrected chi connectivity index (χ0v) is 16.8. The molecule has 1 saturated heterocycles. The number of benzene rings is 2. The second-order valence-electron chi connectivity index (χ2n) is 8.84. The van der Waals surface area contributed by atoms with Crippen molar-refractivity contribution in [2.45, 2.75) is 43.8 Å². The highest BCUT2D eigenvalue weighted by atomic mass is 16.6. The number of amidine groups is 1. The number of carbonyl (C=O) groups excluding carboxylic acids is 2. The van der Waals surface area contributed by atoms with Crippen molar-refractivity contribution < 1.29 is 19.1 Å². The highest BCUT2D eigenvalue weighted by molar-refractivity contribution is 6.02. The Bertz CT molecular complexity index is 1130. The van der Waals surface area contributed by atoms with Gasteiger partial charge in [-0.2, -0.15) is 4.99 Å². The lowest BCUT2D eigenvalue weighted by molar-refractivity contribution is -0.130. The summed E-state index contributed by atoms with van der Waals surface area (Å²) >= 11 is 0. The van der Waals surface area contributed by atoms with Crippen molar-refractivity contribution in [3.63, 3.8) is 0 Å². The number of hydrogen-bond acceptors (Lipinski definition) is 5. The van der Waals surface area contributed by atoms with Crippen LogP contribution in [-0.4, -0.2) is 41.5 Å². The molecule has 0 radical (unpaired) electrons. The largest absolute Gasteiger partial charge is 0.450 e. The lowest BCUT2D eigenvalue weighted by atomic mass is 9.84. The molecule has 4 aliphatic rings. The molecule has 1 unspecified atom stereocenters. The normalized spacial score (nSPS) is 25.9. The number of aliphatic imine (C=N–C) groups is 1. The molecule has 2 aromatic carbocycles. The fourth-order valence-electron chi connectivity index (χ4n) is 5.33. The highest BCUT2D eigenvalue weighted by Gasteiger charge is 2.53. The first kappa shape index (κ1) is 17.7. The molecule has 30 heavy (non-hydrogen) atoms. The number of aryl methyl sites for hydroxylation is 1. The van der Waals surface area contributed by atoms with E-state index in [1.54, 1.807) is 0 Å². The fraction of sp³-hybridized carbons (Fsp3) is 0.375. The second kappa shape index (κ2) is 5.94. The van der Waals surface area contributed by atoms with E-state index in [0.29, 0.717) is 50.4 Å². The summed E-state index contributed by atoms with van der Waals surface area (Å²) in [6, 6.07) is 14.3. The van der Waals surface area contributed by atoms with Crippen LogP contribution >= 0.6 is 0 Å². The molecule has 1 aliphatic carbocycles. The summed E-state index contributed by atoms with van der Waals surface area (Å²) in [5.41, 5.74) is 3.68. The SMILES string of the molecule is Cc1ccc2c(c1)CC1(C2)OC(N2CCC3(CC2)OC(=O)c2ccccc23)=NC1=O.